The molecule has 3 atom stereocenters. The summed E-state index contributed by atoms with van der Waals surface area (Å²) in [7, 11) is 0. The average Bonchev–Trinajstić information content (AvgIpc) is 3.31. The number of carboxylic acid groups (broad SMARTS) is 1. The fourth-order valence-corrected chi connectivity index (χ4v) is 3.76. The molecule has 2 amide bonds. The highest BCUT2D eigenvalue weighted by molar-refractivity contribution is 5.79. The number of nitrogens with one attached hydrogen (secondary N) is 2. The van der Waals surface area contributed by atoms with Gasteiger partial charge in [-0.3, -0.25) is 19.1 Å². The SMILES string of the molecule is O=C(CCc1ccccc1)N[C@@H]1C[C@@H](C(=O)NCCCn2cccn2)CC[C@H]1O.O=CO. The maximum Gasteiger partial charge on any atom is 0.290 e. The van der Waals surface area contributed by atoms with Gasteiger partial charge in [-0.1, -0.05) is 30.3 Å². The van der Waals surface area contributed by atoms with Gasteiger partial charge in [0.15, 0.2) is 0 Å². The monoisotopic (exact) mass is 444 g/mol. The molecule has 9 heteroatoms. The summed E-state index contributed by atoms with van der Waals surface area (Å²) in [5.74, 6) is -0.262. The predicted molar refractivity (Wildman–Crippen MR) is 119 cm³/mol. The number of hydrogen-bond acceptors (Lipinski definition) is 5. The molecule has 2 aromatic rings. The maximum absolute atomic E-state index is 12.5. The van der Waals surface area contributed by atoms with Crippen molar-refractivity contribution in [3.63, 3.8) is 0 Å². The normalized spacial score (nSPS) is 19.8. The van der Waals surface area contributed by atoms with Crippen molar-refractivity contribution >= 4 is 18.3 Å². The lowest BCUT2D eigenvalue weighted by Gasteiger charge is -2.33. The number of aromatic nitrogens is 2. The molecule has 174 valence electrons. The Morgan fingerprint density at radius 2 is 1.94 bits per heavy atom. The zero-order valence-electron chi connectivity index (χ0n) is 18.1. The molecule has 0 unspecified atom stereocenters. The van der Waals surface area contributed by atoms with E-state index in [1.165, 1.54) is 0 Å². The molecular formula is C23H32N4O5. The second-order valence-corrected chi connectivity index (χ2v) is 7.76. The molecule has 0 radical (unpaired) electrons. The first kappa shape index (κ1) is 25.1. The standard InChI is InChI=1S/C22H30N4O3.CH2O2/c27-20-10-9-18(22(29)23-12-4-14-26-15-5-13-24-26)16-19(20)25-21(28)11-8-17-6-2-1-3-7-17;2-1-3/h1-3,5-7,13,15,18-20,27H,4,8-12,14,16H2,(H,23,29)(H,25,28);1H,(H,2,3)/t18-,19+,20+;/m0./s1. The smallest absolute Gasteiger partial charge is 0.290 e. The van der Waals surface area contributed by atoms with Crippen molar-refractivity contribution in [2.75, 3.05) is 6.54 Å². The van der Waals surface area contributed by atoms with Crippen molar-refractivity contribution in [2.45, 2.75) is 57.2 Å². The second kappa shape index (κ2) is 14.0. The minimum atomic E-state index is -0.598. The first-order chi connectivity index (χ1) is 15.5. The van der Waals surface area contributed by atoms with Crippen LogP contribution in [0.2, 0.25) is 0 Å². The summed E-state index contributed by atoms with van der Waals surface area (Å²) in [5.41, 5.74) is 1.11. The number of carbonyl (C=O) groups is 3. The van der Waals surface area contributed by atoms with E-state index in [2.05, 4.69) is 15.7 Å². The highest BCUT2D eigenvalue weighted by atomic mass is 16.3. The van der Waals surface area contributed by atoms with E-state index in [0.29, 0.717) is 38.6 Å². The Morgan fingerprint density at radius 3 is 2.62 bits per heavy atom. The molecule has 0 bridgehead atoms. The van der Waals surface area contributed by atoms with Crippen LogP contribution in [-0.2, 0) is 27.3 Å². The molecule has 0 aliphatic heterocycles. The van der Waals surface area contributed by atoms with Crippen LogP contribution in [0.4, 0.5) is 0 Å². The molecule has 9 nitrogen and oxygen atoms in total. The van der Waals surface area contributed by atoms with E-state index in [1.807, 2.05) is 47.3 Å². The molecule has 1 heterocycles. The van der Waals surface area contributed by atoms with Crippen molar-refractivity contribution in [3.8, 4) is 0 Å². The third-order valence-electron chi connectivity index (χ3n) is 5.44. The van der Waals surface area contributed by atoms with Crippen LogP contribution in [0, 0.1) is 5.92 Å². The Balaban J connectivity index is 0.00000114. The summed E-state index contributed by atoms with van der Waals surface area (Å²) in [6.07, 6.45) is 6.52. The van der Waals surface area contributed by atoms with E-state index < -0.39 is 6.10 Å². The van der Waals surface area contributed by atoms with E-state index in [9.17, 15) is 14.7 Å². The van der Waals surface area contributed by atoms with Crippen molar-refractivity contribution in [2.24, 2.45) is 5.92 Å². The van der Waals surface area contributed by atoms with Crippen LogP contribution in [0.1, 0.15) is 37.7 Å². The van der Waals surface area contributed by atoms with Crippen LogP contribution in [0.15, 0.2) is 48.8 Å². The third kappa shape index (κ3) is 8.89. The first-order valence-electron chi connectivity index (χ1n) is 10.9. The summed E-state index contributed by atoms with van der Waals surface area (Å²) in [5, 5.41) is 27.2. The summed E-state index contributed by atoms with van der Waals surface area (Å²) in [6, 6.07) is 11.4. The van der Waals surface area contributed by atoms with Gasteiger partial charge in [-0.15, -0.1) is 0 Å². The van der Waals surface area contributed by atoms with Crippen molar-refractivity contribution in [1.82, 2.24) is 20.4 Å². The fraction of sp³-hybridized carbons (Fsp3) is 0.478. The Morgan fingerprint density at radius 1 is 1.19 bits per heavy atom. The van der Waals surface area contributed by atoms with Crippen LogP contribution in [0.25, 0.3) is 0 Å². The quantitative estimate of drug-likeness (QED) is 0.341. The molecule has 1 aliphatic carbocycles. The zero-order valence-corrected chi connectivity index (χ0v) is 18.1. The molecule has 3 rings (SSSR count). The maximum atomic E-state index is 12.5. The zero-order chi connectivity index (χ0) is 23.2. The lowest BCUT2D eigenvalue weighted by Crippen LogP contribution is -2.49. The minimum Gasteiger partial charge on any atom is -0.483 e. The fourth-order valence-electron chi connectivity index (χ4n) is 3.76. The summed E-state index contributed by atoms with van der Waals surface area (Å²) < 4.78 is 1.84. The molecule has 4 N–H and O–H groups in total. The van der Waals surface area contributed by atoms with Crippen LogP contribution in [-0.4, -0.2) is 57.0 Å². The third-order valence-corrected chi connectivity index (χ3v) is 5.44. The molecule has 0 spiro atoms. The van der Waals surface area contributed by atoms with Gasteiger partial charge >= 0.3 is 0 Å². The Hall–Kier alpha value is -3.20. The van der Waals surface area contributed by atoms with Gasteiger partial charge in [0.1, 0.15) is 0 Å². The molecule has 1 saturated carbocycles. The molecule has 32 heavy (non-hydrogen) atoms. The molecule has 1 aromatic carbocycles. The number of amides is 2. The number of carbonyl (C=O) groups excluding carboxylic acids is 2. The summed E-state index contributed by atoms with van der Waals surface area (Å²) in [6.45, 7) is 1.10. The van der Waals surface area contributed by atoms with Crippen molar-refractivity contribution < 1.29 is 24.6 Å². The van der Waals surface area contributed by atoms with Crippen molar-refractivity contribution in [1.29, 1.82) is 0 Å². The van der Waals surface area contributed by atoms with Crippen LogP contribution < -0.4 is 10.6 Å². The van der Waals surface area contributed by atoms with Gasteiger partial charge in [0.25, 0.3) is 6.47 Å². The summed E-state index contributed by atoms with van der Waals surface area (Å²) >= 11 is 0. The number of aliphatic hydroxyl groups is 1. The van der Waals surface area contributed by atoms with Crippen LogP contribution in [0.5, 0.6) is 0 Å². The van der Waals surface area contributed by atoms with E-state index in [1.54, 1.807) is 6.20 Å². The molecule has 0 saturated heterocycles. The first-order valence-corrected chi connectivity index (χ1v) is 10.9. The van der Waals surface area contributed by atoms with Gasteiger partial charge in [0.2, 0.25) is 11.8 Å². The molecule has 1 aliphatic rings. The number of hydrogen-bond donors (Lipinski definition) is 4. The van der Waals surface area contributed by atoms with Crippen LogP contribution in [0.3, 0.4) is 0 Å². The number of nitrogens with zero attached hydrogens (tertiary/aromatic N) is 2. The highest BCUT2D eigenvalue weighted by Gasteiger charge is 2.33. The van der Waals surface area contributed by atoms with Gasteiger partial charge in [-0.05, 0) is 43.7 Å². The van der Waals surface area contributed by atoms with E-state index >= 15 is 0 Å². The van der Waals surface area contributed by atoms with Crippen molar-refractivity contribution in [3.05, 3.63) is 54.4 Å². The van der Waals surface area contributed by atoms with Gasteiger partial charge in [-0.25, -0.2) is 0 Å². The Bertz CT molecular complexity index is 813. The Kier molecular flexibility index (Phi) is 10.9. The van der Waals surface area contributed by atoms with E-state index in [0.717, 1.165) is 18.5 Å². The average molecular weight is 445 g/mol. The number of rotatable bonds is 9. The Labute approximate surface area is 187 Å². The van der Waals surface area contributed by atoms with E-state index in [4.69, 9.17) is 9.90 Å². The molecular weight excluding hydrogens is 412 g/mol. The van der Waals surface area contributed by atoms with Gasteiger partial charge in [-0.2, -0.15) is 5.10 Å². The highest BCUT2D eigenvalue weighted by Crippen LogP contribution is 2.25. The number of aryl methyl sites for hydroxylation is 2. The number of benzene rings is 1. The topological polar surface area (TPSA) is 134 Å². The van der Waals surface area contributed by atoms with Gasteiger partial charge < -0.3 is 20.8 Å². The lowest BCUT2D eigenvalue weighted by molar-refractivity contribution is -0.129. The molecule has 1 aromatic heterocycles. The summed E-state index contributed by atoms with van der Waals surface area (Å²) in [4.78, 5) is 33.1. The van der Waals surface area contributed by atoms with Gasteiger partial charge in [0.05, 0.1) is 12.1 Å². The van der Waals surface area contributed by atoms with Gasteiger partial charge in [0, 0.05) is 37.8 Å². The van der Waals surface area contributed by atoms with Crippen LogP contribution >= 0.6 is 0 Å². The lowest BCUT2D eigenvalue weighted by atomic mass is 9.83. The number of aliphatic hydroxyl groups excluding tert-OH is 1. The van der Waals surface area contributed by atoms with E-state index in [-0.39, 0.29) is 30.2 Å². The molecule has 1 fully saturated rings. The second-order valence-electron chi connectivity index (χ2n) is 7.76. The minimum absolute atomic E-state index is 0.000833. The largest absolute Gasteiger partial charge is 0.483 e. The predicted octanol–water partition coefficient (Wildman–Crippen LogP) is 1.37.